The van der Waals surface area contributed by atoms with E-state index >= 15 is 0 Å². The molecule has 3 aromatic carbocycles. The highest BCUT2D eigenvalue weighted by Gasteiger charge is 2.45. The summed E-state index contributed by atoms with van der Waals surface area (Å²) < 4.78 is 12.6. The molecule has 0 radical (unpaired) electrons. The van der Waals surface area contributed by atoms with E-state index in [4.69, 9.17) is 14.5 Å². The molecule has 1 aliphatic heterocycles. The largest absolute Gasteiger partial charge is 0.490 e. The highest BCUT2D eigenvalue weighted by atomic mass is 16.5. The van der Waals surface area contributed by atoms with Gasteiger partial charge in [0.05, 0.1) is 11.7 Å². The van der Waals surface area contributed by atoms with E-state index < -0.39 is 0 Å². The van der Waals surface area contributed by atoms with E-state index in [1.54, 1.807) is 0 Å². The van der Waals surface area contributed by atoms with Crippen LogP contribution in [0.4, 0.5) is 11.6 Å². The van der Waals surface area contributed by atoms with Crippen LogP contribution in [0.25, 0.3) is 11.8 Å². The normalized spacial score (nSPS) is 18.7. The van der Waals surface area contributed by atoms with Crippen LogP contribution in [0.15, 0.2) is 117 Å². The van der Waals surface area contributed by atoms with Crippen molar-refractivity contribution in [3.63, 3.8) is 0 Å². The van der Waals surface area contributed by atoms with Crippen LogP contribution in [-0.4, -0.2) is 60.2 Å². The molecule has 4 aromatic rings. The van der Waals surface area contributed by atoms with Crippen molar-refractivity contribution in [3.05, 3.63) is 145 Å². The highest BCUT2D eigenvalue weighted by Crippen LogP contribution is 2.46. The zero-order chi connectivity index (χ0) is 40.9. The average molecular weight is 779 g/mol. The van der Waals surface area contributed by atoms with Crippen LogP contribution >= 0.6 is 0 Å². The number of hydrogen-bond acceptors (Lipinski definition) is 8. The number of likely N-dealkylation sites (N-methyl/N-ethyl adjacent to an activating group) is 2. The van der Waals surface area contributed by atoms with E-state index in [0.29, 0.717) is 18.1 Å². The van der Waals surface area contributed by atoms with Crippen LogP contribution in [0, 0.1) is 5.41 Å². The fourth-order valence-electron chi connectivity index (χ4n) is 8.91. The summed E-state index contributed by atoms with van der Waals surface area (Å²) >= 11 is 0. The summed E-state index contributed by atoms with van der Waals surface area (Å²) in [6.45, 7) is 23.8. The van der Waals surface area contributed by atoms with Crippen LogP contribution in [0.3, 0.4) is 0 Å². The van der Waals surface area contributed by atoms with E-state index in [1.807, 2.05) is 31.5 Å². The van der Waals surface area contributed by atoms with Gasteiger partial charge in [-0.25, -0.2) is 9.97 Å². The Kier molecular flexibility index (Phi) is 12.3. The zero-order valence-electron chi connectivity index (χ0n) is 35.1. The number of aromatic nitrogens is 2. The molecule has 8 nitrogen and oxygen atoms in total. The number of allylic oxidation sites excluding steroid dienone is 1. The minimum absolute atomic E-state index is 0.0938. The fourth-order valence-corrected chi connectivity index (χ4v) is 8.91. The lowest BCUT2D eigenvalue weighted by molar-refractivity contribution is 0.108. The molecule has 1 aromatic heterocycles. The number of nitrogens with one attached hydrogen (secondary N) is 2. The van der Waals surface area contributed by atoms with E-state index in [9.17, 15) is 0 Å². The van der Waals surface area contributed by atoms with Gasteiger partial charge < -0.3 is 29.9 Å². The van der Waals surface area contributed by atoms with Gasteiger partial charge in [-0.2, -0.15) is 0 Å². The van der Waals surface area contributed by atoms with Gasteiger partial charge in [-0.1, -0.05) is 88.9 Å². The maximum Gasteiger partial charge on any atom is 0.225 e. The first-order chi connectivity index (χ1) is 28.0. The molecule has 8 heteroatoms. The van der Waals surface area contributed by atoms with Gasteiger partial charge in [0.25, 0.3) is 0 Å². The molecule has 304 valence electrons. The third kappa shape index (κ3) is 8.96. The number of anilines is 2. The van der Waals surface area contributed by atoms with Crippen LogP contribution in [-0.2, 0) is 12.0 Å². The molecule has 3 fully saturated rings. The molecular weight excluding hydrogens is 717 g/mol. The molecule has 0 bridgehead atoms. The number of hydrogen-bond donors (Lipinski definition) is 2. The van der Waals surface area contributed by atoms with Gasteiger partial charge in [-0.3, -0.25) is 0 Å². The summed E-state index contributed by atoms with van der Waals surface area (Å²) in [5.74, 6) is 2.56. The van der Waals surface area contributed by atoms with Gasteiger partial charge in [0.15, 0.2) is 0 Å². The van der Waals surface area contributed by atoms with Gasteiger partial charge in [-0.05, 0) is 84.8 Å². The minimum atomic E-state index is -0.189. The quantitative estimate of drug-likeness (QED) is 0.0912. The summed E-state index contributed by atoms with van der Waals surface area (Å²) in [5, 5.41) is 6.96. The van der Waals surface area contributed by atoms with Crippen molar-refractivity contribution in [1.82, 2.24) is 20.2 Å². The molecule has 58 heavy (non-hydrogen) atoms. The third-order valence-corrected chi connectivity index (χ3v) is 12.9. The second kappa shape index (κ2) is 17.6. The molecule has 2 saturated carbocycles. The lowest BCUT2D eigenvalue weighted by atomic mass is 9.78. The van der Waals surface area contributed by atoms with Crippen LogP contribution in [0.2, 0.25) is 0 Å². The Morgan fingerprint density at radius 2 is 1.64 bits per heavy atom. The predicted octanol–water partition coefficient (Wildman–Crippen LogP) is 10.4. The number of nitrogens with zero attached hydrogens (tertiary/aromatic N) is 4. The Labute approximate surface area is 346 Å². The Morgan fingerprint density at radius 1 is 0.966 bits per heavy atom. The first-order valence-corrected chi connectivity index (χ1v) is 21.0. The Bertz CT molecular complexity index is 2070. The van der Waals surface area contributed by atoms with Gasteiger partial charge in [0.1, 0.15) is 24.2 Å². The number of benzene rings is 3. The Balaban J connectivity index is 0.887. The molecule has 1 spiro atoms. The van der Waals surface area contributed by atoms with E-state index in [2.05, 4.69) is 139 Å². The summed E-state index contributed by atoms with van der Waals surface area (Å²) in [6.07, 6.45) is 14.9. The van der Waals surface area contributed by atoms with Crippen molar-refractivity contribution in [3.8, 4) is 11.5 Å². The first kappa shape index (κ1) is 40.7. The maximum absolute atomic E-state index is 6.42. The third-order valence-electron chi connectivity index (χ3n) is 12.9. The SMILES string of the molecule is C=CCCC(C(=C)NC)N(C)C(=C)c1cc(NC2CC(Oc3ccc(C(C)(C)c4ccc(OCc5ccnc(N6CC7(CCCC7)C6)n5)cc4)cc3)C2)ccc1C=C. The molecule has 1 saturated heterocycles. The van der Waals surface area contributed by atoms with Gasteiger partial charge in [0.2, 0.25) is 5.95 Å². The topological polar surface area (TPSA) is 74.8 Å². The lowest BCUT2D eigenvalue weighted by Gasteiger charge is -2.48. The molecule has 3 aliphatic rings. The Morgan fingerprint density at radius 3 is 2.28 bits per heavy atom. The monoisotopic (exact) mass is 778 g/mol. The second-order valence-electron chi connectivity index (χ2n) is 17.1. The maximum atomic E-state index is 6.42. The fraction of sp³-hybridized carbons (Fsp3) is 0.400. The molecule has 1 atom stereocenters. The van der Waals surface area contributed by atoms with Gasteiger partial charge >= 0.3 is 0 Å². The summed E-state index contributed by atoms with van der Waals surface area (Å²) in [4.78, 5) is 13.9. The van der Waals surface area contributed by atoms with E-state index in [-0.39, 0.29) is 17.6 Å². The minimum Gasteiger partial charge on any atom is -0.490 e. The van der Waals surface area contributed by atoms with Crippen molar-refractivity contribution in [2.45, 2.75) is 95.4 Å². The van der Waals surface area contributed by atoms with E-state index in [1.165, 1.54) is 36.8 Å². The first-order valence-electron chi connectivity index (χ1n) is 21.0. The molecule has 2 aliphatic carbocycles. The standard InChI is InChI=1S/C50H62N6O2/c1-9-11-14-47(35(3)51-7)55(8)36(4)46-31-40(20-15-37(46)10-2)53-42-29-45(30-42)58-44-23-18-39(19-24-44)49(5,6)38-16-21-43(22-17-38)57-32-41-25-28-52-48(54-41)56-33-50(34-56)26-12-13-27-50/h9-10,15-25,28,31,42,45,47,51,53H,1-4,11-14,26-27,29-30,32-34H2,5-8H3. The van der Waals surface area contributed by atoms with Crippen LogP contribution < -0.4 is 25.0 Å². The van der Waals surface area contributed by atoms with Crippen molar-refractivity contribution in [2.75, 3.05) is 37.4 Å². The second-order valence-corrected chi connectivity index (χ2v) is 17.1. The molecule has 7 rings (SSSR count). The summed E-state index contributed by atoms with van der Waals surface area (Å²) in [6, 6.07) is 25.8. The summed E-state index contributed by atoms with van der Waals surface area (Å²) in [5.41, 5.74) is 8.74. The molecule has 2 heterocycles. The van der Waals surface area contributed by atoms with Crippen molar-refractivity contribution < 1.29 is 9.47 Å². The van der Waals surface area contributed by atoms with Crippen LogP contribution in [0.1, 0.15) is 93.2 Å². The molecular formula is C50H62N6O2. The Hall–Kier alpha value is -5.50. The van der Waals surface area contributed by atoms with E-state index in [0.717, 1.165) is 90.1 Å². The van der Waals surface area contributed by atoms with Crippen molar-refractivity contribution in [2.24, 2.45) is 5.41 Å². The zero-order valence-corrected chi connectivity index (χ0v) is 35.1. The number of rotatable bonds is 19. The average Bonchev–Trinajstić information content (AvgIpc) is 3.73. The predicted molar refractivity (Wildman–Crippen MR) is 240 cm³/mol. The van der Waals surface area contributed by atoms with Crippen molar-refractivity contribution in [1.29, 1.82) is 0 Å². The lowest BCUT2D eigenvalue weighted by Crippen LogP contribution is -2.55. The highest BCUT2D eigenvalue weighted by molar-refractivity contribution is 5.75. The van der Waals surface area contributed by atoms with Crippen LogP contribution in [0.5, 0.6) is 11.5 Å². The smallest absolute Gasteiger partial charge is 0.225 e. The van der Waals surface area contributed by atoms with Gasteiger partial charge in [0, 0.05) is 85.7 Å². The van der Waals surface area contributed by atoms with Gasteiger partial charge in [-0.15, -0.1) is 6.58 Å². The number of ether oxygens (including phenoxy) is 2. The molecule has 2 N–H and O–H groups in total. The summed E-state index contributed by atoms with van der Waals surface area (Å²) in [7, 11) is 3.99. The van der Waals surface area contributed by atoms with Crippen molar-refractivity contribution >= 4 is 23.4 Å². The molecule has 0 amide bonds. The molecule has 1 unspecified atom stereocenters.